The van der Waals surface area contributed by atoms with Gasteiger partial charge in [0.2, 0.25) is 0 Å². The molecule has 0 aromatic heterocycles. The molecule has 2 rings (SSSR count). The van der Waals surface area contributed by atoms with Gasteiger partial charge in [-0.2, -0.15) is 0 Å². The average Bonchev–Trinajstić information content (AvgIpc) is 2.36. The van der Waals surface area contributed by atoms with Crippen LogP contribution in [0.15, 0.2) is 0 Å². The Hall–Kier alpha value is -0.650. The lowest BCUT2D eigenvalue weighted by atomic mass is 9.89. The number of ether oxygens (including phenoxy) is 1. The number of hydrogen-bond acceptors (Lipinski definition) is 4. The number of morpholine rings is 1. The van der Waals surface area contributed by atoms with Crippen LogP contribution in [-0.4, -0.2) is 42.1 Å². The van der Waals surface area contributed by atoms with E-state index in [-0.39, 0.29) is 11.9 Å². The van der Waals surface area contributed by atoms with Gasteiger partial charge in [-0.25, -0.2) is 5.84 Å². The smallest absolute Gasteiger partial charge is 0.250 e. The predicted molar refractivity (Wildman–Crippen MR) is 60.5 cm³/mol. The SMILES string of the molecule is CC(C(=O)NN)N1CCOC2CCCCC21. The number of nitrogens with zero attached hydrogens (tertiary/aromatic N) is 1. The van der Waals surface area contributed by atoms with Gasteiger partial charge in [0.15, 0.2) is 0 Å². The molecule has 2 aliphatic rings. The van der Waals surface area contributed by atoms with Gasteiger partial charge in [0.05, 0.1) is 18.8 Å². The normalized spacial score (nSPS) is 32.9. The molecule has 3 N–H and O–H groups in total. The lowest BCUT2D eigenvalue weighted by Gasteiger charge is -2.45. The Morgan fingerprint density at radius 2 is 2.25 bits per heavy atom. The molecule has 5 nitrogen and oxygen atoms in total. The van der Waals surface area contributed by atoms with Crippen LogP contribution in [0.2, 0.25) is 0 Å². The summed E-state index contributed by atoms with van der Waals surface area (Å²) in [6.07, 6.45) is 5.05. The Balaban J connectivity index is 2.04. The fourth-order valence-corrected chi connectivity index (χ4v) is 2.88. The summed E-state index contributed by atoms with van der Waals surface area (Å²) < 4.78 is 5.77. The van der Waals surface area contributed by atoms with Gasteiger partial charge in [0.25, 0.3) is 5.91 Å². The van der Waals surface area contributed by atoms with E-state index in [0.717, 1.165) is 26.0 Å². The van der Waals surface area contributed by atoms with E-state index in [2.05, 4.69) is 10.3 Å². The summed E-state index contributed by atoms with van der Waals surface area (Å²) in [6, 6.07) is 0.245. The van der Waals surface area contributed by atoms with Gasteiger partial charge in [-0.15, -0.1) is 0 Å². The molecule has 1 aliphatic carbocycles. The number of fused-ring (bicyclic) bond motifs is 1. The van der Waals surface area contributed by atoms with E-state index < -0.39 is 0 Å². The first-order valence-electron chi connectivity index (χ1n) is 6.12. The van der Waals surface area contributed by atoms with E-state index in [1.54, 1.807) is 0 Å². The number of hydrogen-bond donors (Lipinski definition) is 2. The number of carbonyl (C=O) groups excluding carboxylic acids is 1. The number of carbonyl (C=O) groups is 1. The third-order valence-electron chi connectivity index (χ3n) is 3.79. The monoisotopic (exact) mass is 227 g/mol. The minimum Gasteiger partial charge on any atom is -0.375 e. The molecule has 5 heteroatoms. The largest absolute Gasteiger partial charge is 0.375 e. The second-order valence-corrected chi connectivity index (χ2v) is 4.68. The van der Waals surface area contributed by atoms with Crippen molar-refractivity contribution in [1.82, 2.24) is 10.3 Å². The van der Waals surface area contributed by atoms with Gasteiger partial charge in [0.1, 0.15) is 0 Å². The first-order chi connectivity index (χ1) is 7.74. The van der Waals surface area contributed by atoms with Crippen LogP contribution in [-0.2, 0) is 9.53 Å². The third-order valence-corrected chi connectivity index (χ3v) is 3.79. The van der Waals surface area contributed by atoms with Gasteiger partial charge in [0, 0.05) is 12.6 Å². The zero-order chi connectivity index (χ0) is 11.5. The van der Waals surface area contributed by atoms with Crippen molar-refractivity contribution in [3.8, 4) is 0 Å². The minimum absolute atomic E-state index is 0.105. The number of rotatable bonds is 2. The molecule has 0 spiro atoms. The summed E-state index contributed by atoms with van der Waals surface area (Å²) in [5, 5.41) is 0. The maximum Gasteiger partial charge on any atom is 0.250 e. The Morgan fingerprint density at radius 3 is 3.00 bits per heavy atom. The molecule has 1 aliphatic heterocycles. The first kappa shape index (κ1) is 11.8. The van der Waals surface area contributed by atoms with Crippen LogP contribution < -0.4 is 11.3 Å². The summed E-state index contributed by atoms with van der Waals surface area (Å²) >= 11 is 0. The zero-order valence-electron chi connectivity index (χ0n) is 9.82. The third kappa shape index (κ3) is 2.21. The number of hydrazine groups is 1. The van der Waals surface area contributed by atoms with Crippen LogP contribution in [0.1, 0.15) is 32.6 Å². The molecule has 0 aromatic rings. The number of nitrogens with two attached hydrogens (primary N) is 1. The van der Waals surface area contributed by atoms with Crippen molar-refractivity contribution in [3.63, 3.8) is 0 Å². The van der Waals surface area contributed by atoms with Crippen LogP contribution in [0.5, 0.6) is 0 Å². The summed E-state index contributed by atoms with van der Waals surface area (Å²) in [7, 11) is 0. The highest BCUT2D eigenvalue weighted by Gasteiger charge is 2.37. The topological polar surface area (TPSA) is 67.6 Å². The quantitative estimate of drug-likeness (QED) is 0.396. The highest BCUT2D eigenvalue weighted by Crippen LogP contribution is 2.29. The van der Waals surface area contributed by atoms with E-state index in [0.29, 0.717) is 12.1 Å². The molecule has 92 valence electrons. The summed E-state index contributed by atoms with van der Waals surface area (Å²) in [5.74, 6) is 5.08. The number of nitrogens with one attached hydrogen (secondary N) is 1. The van der Waals surface area contributed by atoms with Crippen LogP contribution in [0.25, 0.3) is 0 Å². The maximum atomic E-state index is 11.6. The summed E-state index contributed by atoms with van der Waals surface area (Å²) in [6.45, 7) is 3.47. The lowest BCUT2D eigenvalue weighted by Crippen LogP contribution is -2.59. The lowest BCUT2D eigenvalue weighted by molar-refractivity contribution is -0.137. The Morgan fingerprint density at radius 1 is 1.50 bits per heavy atom. The molecule has 0 radical (unpaired) electrons. The Bertz CT molecular complexity index is 258. The molecule has 2 fully saturated rings. The molecule has 16 heavy (non-hydrogen) atoms. The average molecular weight is 227 g/mol. The second-order valence-electron chi connectivity index (χ2n) is 4.68. The fourth-order valence-electron chi connectivity index (χ4n) is 2.88. The summed E-state index contributed by atoms with van der Waals surface area (Å²) in [5.41, 5.74) is 2.24. The van der Waals surface area contributed by atoms with Crippen molar-refractivity contribution < 1.29 is 9.53 Å². The number of amides is 1. The van der Waals surface area contributed by atoms with Crippen molar-refractivity contribution in [2.75, 3.05) is 13.2 Å². The molecule has 0 bridgehead atoms. The van der Waals surface area contributed by atoms with Crippen LogP contribution in [0, 0.1) is 0 Å². The molecule has 1 amide bonds. The minimum atomic E-state index is -0.153. The van der Waals surface area contributed by atoms with Crippen molar-refractivity contribution in [3.05, 3.63) is 0 Å². The van der Waals surface area contributed by atoms with Crippen LogP contribution in [0.3, 0.4) is 0 Å². The molecule has 1 saturated heterocycles. The highest BCUT2D eigenvalue weighted by molar-refractivity contribution is 5.80. The van der Waals surface area contributed by atoms with Gasteiger partial charge in [-0.05, 0) is 19.8 Å². The standard InChI is InChI=1S/C11H21N3O2/c1-8(11(15)13-12)14-6-7-16-10-5-3-2-4-9(10)14/h8-10H,2-7,12H2,1H3,(H,13,15). The molecule has 0 aromatic carbocycles. The van der Waals surface area contributed by atoms with Gasteiger partial charge >= 0.3 is 0 Å². The molecule has 3 unspecified atom stereocenters. The van der Waals surface area contributed by atoms with Crippen molar-refractivity contribution >= 4 is 5.91 Å². The fraction of sp³-hybridized carbons (Fsp3) is 0.909. The molecule has 1 saturated carbocycles. The van der Waals surface area contributed by atoms with E-state index >= 15 is 0 Å². The van der Waals surface area contributed by atoms with Crippen LogP contribution in [0.4, 0.5) is 0 Å². The van der Waals surface area contributed by atoms with Crippen molar-refractivity contribution in [2.45, 2.75) is 50.8 Å². The Labute approximate surface area is 96.3 Å². The van der Waals surface area contributed by atoms with E-state index in [4.69, 9.17) is 10.6 Å². The zero-order valence-corrected chi connectivity index (χ0v) is 9.82. The first-order valence-corrected chi connectivity index (χ1v) is 6.12. The molecular weight excluding hydrogens is 206 g/mol. The van der Waals surface area contributed by atoms with Gasteiger partial charge in [-0.3, -0.25) is 15.1 Å². The molecule has 3 atom stereocenters. The van der Waals surface area contributed by atoms with E-state index in [1.807, 2.05) is 6.92 Å². The Kier molecular flexibility index (Phi) is 3.78. The van der Waals surface area contributed by atoms with Crippen molar-refractivity contribution in [1.29, 1.82) is 0 Å². The van der Waals surface area contributed by atoms with Crippen molar-refractivity contribution in [2.24, 2.45) is 5.84 Å². The van der Waals surface area contributed by atoms with Crippen LogP contribution >= 0.6 is 0 Å². The van der Waals surface area contributed by atoms with E-state index in [1.165, 1.54) is 12.8 Å². The molecule has 1 heterocycles. The molecular formula is C11H21N3O2. The van der Waals surface area contributed by atoms with Gasteiger partial charge < -0.3 is 4.74 Å². The second kappa shape index (κ2) is 5.12. The summed E-state index contributed by atoms with van der Waals surface area (Å²) in [4.78, 5) is 13.8. The highest BCUT2D eigenvalue weighted by atomic mass is 16.5. The maximum absolute atomic E-state index is 11.6. The van der Waals surface area contributed by atoms with E-state index in [9.17, 15) is 4.79 Å². The predicted octanol–water partition coefficient (Wildman–Crippen LogP) is 0.00820. The van der Waals surface area contributed by atoms with Gasteiger partial charge in [-0.1, -0.05) is 12.8 Å².